The molecule has 252 valence electrons. The summed E-state index contributed by atoms with van der Waals surface area (Å²) in [6, 6.07) is 14.2. The quantitative estimate of drug-likeness (QED) is 0.176. The number of benzene rings is 2. The maximum atomic E-state index is 14.9. The van der Waals surface area contributed by atoms with Crippen LogP contribution < -0.4 is 9.47 Å². The number of likely N-dealkylation sites (tertiary alicyclic amines) is 1. The summed E-state index contributed by atoms with van der Waals surface area (Å²) in [4.78, 5) is 15.1. The van der Waals surface area contributed by atoms with Crippen LogP contribution in [-0.2, 0) is 25.1 Å². The second-order valence-corrected chi connectivity index (χ2v) is 13.5. The number of alkyl halides is 3. The Morgan fingerprint density at radius 3 is 2.59 bits per heavy atom. The molecule has 1 N–H and O–H groups in total. The van der Waals surface area contributed by atoms with E-state index in [0.29, 0.717) is 35.6 Å². The maximum absolute atomic E-state index is 14.9. The van der Waals surface area contributed by atoms with Gasteiger partial charge in [-0.3, -0.25) is 15.0 Å². The van der Waals surface area contributed by atoms with Crippen LogP contribution in [0.3, 0.4) is 0 Å². The summed E-state index contributed by atoms with van der Waals surface area (Å²) in [6.45, 7) is 4.17. The van der Waals surface area contributed by atoms with Crippen molar-refractivity contribution in [3.8, 4) is 29.1 Å². The van der Waals surface area contributed by atoms with E-state index in [4.69, 9.17) is 26.1 Å². The first-order valence-electron chi connectivity index (χ1n) is 15.9. The molecule has 0 bridgehead atoms. The number of aromatic nitrogens is 6. The number of H-pyrrole nitrogens is 1. The molecule has 2 aliphatic heterocycles. The van der Waals surface area contributed by atoms with Crippen molar-refractivity contribution in [2.24, 2.45) is 5.41 Å². The van der Waals surface area contributed by atoms with Crippen molar-refractivity contribution in [3.63, 3.8) is 0 Å². The predicted molar refractivity (Wildman–Crippen MR) is 169 cm³/mol. The van der Waals surface area contributed by atoms with Gasteiger partial charge in [-0.25, -0.2) is 14.4 Å². The average molecular weight is 693 g/mol. The van der Waals surface area contributed by atoms with Gasteiger partial charge < -0.3 is 14.0 Å². The minimum atomic E-state index is -4.66. The van der Waals surface area contributed by atoms with Gasteiger partial charge in [-0.1, -0.05) is 23.7 Å². The van der Waals surface area contributed by atoms with Gasteiger partial charge in [0.2, 0.25) is 5.82 Å². The zero-order valence-corrected chi connectivity index (χ0v) is 26.9. The summed E-state index contributed by atoms with van der Waals surface area (Å²) in [5.41, 5.74) is 2.19. The predicted octanol–water partition coefficient (Wildman–Crippen LogP) is 7.36. The minimum absolute atomic E-state index is 0.161. The van der Waals surface area contributed by atoms with Gasteiger partial charge in [0.25, 0.3) is 5.79 Å². The van der Waals surface area contributed by atoms with Crippen LogP contribution in [0.25, 0.3) is 22.6 Å². The number of nitriles is 1. The second kappa shape index (κ2) is 11.4. The molecule has 0 spiro atoms. The fourth-order valence-electron chi connectivity index (χ4n) is 6.79. The molecule has 1 saturated carbocycles. The number of rotatable bonds is 7. The molecule has 1 aliphatic carbocycles. The van der Waals surface area contributed by atoms with Crippen LogP contribution in [0.15, 0.2) is 48.7 Å². The molecule has 3 aliphatic rings. The summed E-state index contributed by atoms with van der Waals surface area (Å²) in [5.74, 6) is -1.13. The molecule has 1 unspecified atom stereocenters. The SMILES string of the molecule is CC1(c2ccc(Cl)cc2F)Oc2cccc(C3CCN(Cc4nc5cc(-c6n[nH]c(C(F)(F)F)n6)ncc5n4CC4(C#N)CC4)CC3)c2O1. The Bertz CT molecular complexity index is 2130. The van der Waals surface area contributed by atoms with E-state index in [1.807, 2.05) is 27.9 Å². The number of nitrogens with zero attached hydrogens (tertiary/aromatic N) is 7. The lowest BCUT2D eigenvalue weighted by Gasteiger charge is -2.32. The number of aromatic amines is 1. The first kappa shape index (κ1) is 31.5. The molecular formula is C34H29ClF4N8O2. The molecule has 8 rings (SSSR count). The number of hydrogen-bond acceptors (Lipinski definition) is 8. The number of imidazole rings is 1. The van der Waals surface area contributed by atoms with Crippen LogP contribution in [0.4, 0.5) is 17.6 Å². The van der Waals surface area contributed by atoms with E-state index in [1.54, 1.807) is 31.3 Å². The number of fused-ring (bicyclic) bond motifs is 2. The van der Waals surface area contributed by atoms with E-state index in [-0.39, 0.29) is 28.0 Å². The van der Waals surface area contributed by atoms with Crippen molar-refractivity contribution < 1.29 is 27.0 Å². The number of hydrogen-bond donors (Lipinski definition) is 1. The molecule has 1 saturated heterocycles. The van der Waals surface area contributed by atoms with E-state index in [9.17, 15) is 22.8 Å². The van der Waals surface area contributed by atoms with Crippen molar-refractivity contribution in [3.05, 3.63) is 82.3 Å². The third-order valence-electron chi connectivity index (χ3n) is 9.67. The summed E-state index contributed by atoms with van der Waals surface area (Å²) >= 11 is 5.97. The standard InChI is InChI=1S/C34H29ClF4N8O2/c1-32(22-6-5-20(35)13-23(22)36)48-27-4-2-3-21(29(27)49-32)19-7-11-46(12-8-19)16-28-42-24-14-25(30-43-31(45-44-30)34(37,38)39)41-15-26(24)47(28)18-33(17-40)9-10-33/h2-6,13-15,19H,7-12,16,18H2,1H3,(H,43,44,45). The highest BCUT2D eigenvalue weighted by molar-refractivity contribution is 6.30. The van der Waals surface area contributed by atoms with E-state index < -0.39 is 29.0 Å². The van der Waals surface area contributed by atoms with Gasteiger partial charge in [-0.05, 0) is 75.0 Å². The topological polar surface area (TPSA) is 118 Å². The molecule has 0 radical (unpaired) electrons. The van der Waals surface area contributed by atoms with Crippen LogP contribution in [0.1, 0.15) is 61.3 Å². The summed E-state index contributed by atoms with van der Waals surface area (Å²) in [7, 11) is 0. The van der Waals surface area contributed by atoms with Gasteiger partial charge in [0.1, 0.15) is 17.3 Å². The van der Waals surface area contributed by atoms with E-state index >= 15 is 0 Å². The highest BCUT2D eigenvalue weighted by Crippen LogP contribution is 2.50. The van der Waals surface area contributed by atoms with Gasteiger partial charge in [-0.15, -0.1) is 0 Å². The Labute approximate surface area is 282 Å². The first-order valence-corrected chi connectivity index (χ1v) is 16.3. The molecule has 1 atom stereocenters. The zero-order chi connectivity index (χ0) is 34.1. The molecule has 5 heterocycles. The van der Waals surface area contributed by atoms with Gasteiger partial charge in [0, 0.05) is 24.1 Å². The van der Waals surface area contributed by atoms with Gasteiger partial charge in [0.15, 0.2) is 17.3 Å². The Hall–Kier alpha value is -4.74. The van der Waals surface area contributed by atoms with Gasteiger partial charge in [-0.2, -0.15) is 23.5 Å². The number of ether oxygens (including phenoxy) is 2. The fraction of sp³-hybridized carbons (Fsp3) is 0.382. The molecule has 10 nitrogen and oxygen atoms in total. The van der Waals surface area contributed by atoms with Crippen molar-refractivity contribution >= 4 is 22.6 Å². The first-order chi connectivity index (χ1) is 23.4. The number of para-hydroxylation sites is 1. The molecule has 49 heavy (non-hydrogen) atoms. The second-order valence-electron chi connectivity index (χ2n) is 13.1. The van der Waals surface area contributed by atoms with Gasteiger partial charge >= 0.3 is 6.18 Å². The van der Waals surface area contributed by atoms with Gasteiger partial charge in [0.05, 0.1) is 40.8 Å². The molecular weight excluding hydrogens is 664 g/mol. The smallest absolute Gasteiger partial charge is 0.444 e. The van der Waals surface area contributed by atoms with Crippen LogP contribution in [-0.4, -0.2) is 47.7 Å². The third kappa shape index (κ3) is 5.74. The number of halogens is 5. The summed E-state index contributed by atoms with van der Waals surface area (Å²) in [5, 5.41) is 15.8. The largest absolute Gasteiger partial charge is 0.451 e. The van der Waals surface area contributed by atoms with Crippen LogP contribution in [0, 0.1) is 22.6 Å². The van der Waals surface area contributed by atoms with E-state index in [2.05, 4.69) is 26.0 Å². The molecule has 2 fully saturated rings. The van der Waals surface area contributed by atoms with Crippen molar-refractivity contribution in [1.29, 1.82) is 5.26 Å². The molecule has 2 aromatic carbocycles. The fourth-order valence-corrected chi connectivity index (χ4v) is 6.95. The Morgan fingerprint density at radius 1 is 1.10 bits per heavy atom. The normalized spacial score (nSPS) is 20.5. The van der Waals surface area contributed by atoms with Crippen molar-refractivity contribution in [2.75, 3.05) is 13.1 Å². The van der Waals surface area contributed by atoms with Crippen LogP contribution in [0.5, 0.6) is 11.5 Å². The minimum Gasteiger partial charge on any atom is -0.444 e. The molecule has 5 aromatic rings. The highest BCUT2D eigenvalue weighted by atomic mass is 35.5. The number of pyridine rings is 1. The Morgan fingerprint density at radius 2 is 1.90 bits per heavy atom. The lowest BCUT2D eigenvalue weighted by Crippen LogP contribution is -2.34. The van der Waals surface area contributed by atoms with Crippen molar-refractivity contribution in [1.82, 2.24) is 34.6 Å². The monoisotopic (exact) mass is 692 g/mol. The van der Waals surface area contributed by atoms with E-state index in [0.717, 1.165) is 50.2 Å². The Kier molecular flexibility index (Phi) is 7.35. The summed E-state index contributed by atoms with van der Waals surface area (Å²) in [6.07, 6.45) is 0.124. The lowest BCUT2D eigenvalue weighted by molar-refractivity contribution is -0.144. The van der Waals surface area contributed by atoms with E-state index in [1.165, 1.54) is 6.07 Å². The zero-order valence-electron chi connectivity index (χ0n) is 26.2. The lowest BCUT2D eigenvalue weighted by atomic mass is 9.88. The van der Waals surface area contributed by atoms with Crippen LogP contribution in [0.2, 0.25) is 5.02 Å². The Balaban J connectivity index is 1.01. The summed E-state index contributed by atoms with van der Waals surface area (Å²) < 4.78 is 68.8. The maximum Gasteiger partial charge on any atom is 0.451 e. The number of piperidine rings is 1. The number of nitrogens with one attached hydrogen (secondary N) is 1. The van der Waals surface area contributed by atoms with Crippen LogP contribution >= 0.6 is 11.6 Å². The third-order valence-corrected chi connectivity index (χ3v) is 9.91. The molecule has 3 aromatic heterocycles. The molecule has 15 heteroatoms. The average Bonchev–Trinajstić information content (AvgIpc) is 3.35. The van der Waals surface area contributed by atoms with Crippen molar-refractivity contribution in [2.45, 2.75) is 63.6 Å². The molecule has 0 amide bonds. The highest BCUT2D eigenvalue weighted by Gasteiger charge is 2.45.